The molecule has 0 amide bonds. The first-order valence-electron chi connectivity index (χ1n) is 5.53. The van der Waals surface area contributed by atoms with Crippen LogP contribution in [-0.2, 0) is 19.5 Å². The van der Waals surface area contributed by atoms with E-state index in [2.05, 4.69) is 26.7 Å². The second-order valence-corrected chi connectivity index (χ2v) is 4.20. The van der Waals surface area contributed by atoms with Crippen molar-refractivity contribution >= 4 is 0 Å². The van der Waals surface area contributed by atoms with E-state index in [1.165, 1.54) is 12.8 Å². The fourth-order valence-corrected chi connectivity index (χ4v) is 1.89. The molecule has 1 N–H and O–H groups in total. The summed E-state index contributed by atoms with van der Waals surface area (Å²) in [5.41, 5.74) is 1.15. The van der Waals surface area contributed by atoms with Crippen molar-refractivity contribution < 1.29 is 0 Å². The van der Waals surface area contributed by atoms with Gasteiger partial charge in [-0.2, -0.15) is 0 Å². The zero-order valence-electron chi connectivity index (χ0n) is 9.29. The molecule has 0 saturated heterocycles. The monoisotopic (exact) mass is 206 g/mol. The summed E-state index contributed by atoms with van der Waals surface area (Å²) in [6.45, 7) is 8.59. The van der Waals surface area contributed by atoms with Crippen molar-refractivity contribution in [1.82, 2.24) is 20.1 Å². The highest BCUT2D eigenvalue weighted by Crippen LogP contribution is 2.13. The third kappa shape index (κ3) is 2.45. The first kappa shape index (κ1) is 10.4. The maximum absolute atomic E-state index is 4.22. The van der Waals surface area contributed by atoms with Crippen LogP contribution in [0.2, 0.25) is 0 Å². The van der Waals surface area contributed by atoms with Crippen molar-refractivity contribution in [3.05, 3.63) is 23.8 Å². The fraction of sp³-hybridized carbons (Fsp3) is 0.636. The van der Waals surface area contributed by atoms with E-state index in [0.717, 1.165) is 43.3 Å². The molecule has 0 saturated carbocycles. The summed E-state index contributed by atoms with van der Waals surface area (Å²) >= 11 is 0. The van der Waals surface area contributed by atoms with Crippen molar-refractivity contribution in [2.75, 3.05) is 6.54 Å². The molecule has 1 aromatic heterocycles. The minimum Gasteiger partial charge on any atom is -0.314 e. The Morgan fingerprint density at radius 2 is 2.33 bits per heavy atom. The van der Waals surface area contributed by atoms with Crippen molar-refractivity contribution in [2.45, 2.75) is 39.3 Å². The zero-order chi connectivity index (χ0) is 10.7. The Morgan fingerprint density at radius 1 is 1.47 bits per heavy atom. The van der Waals surface area contributed by atoms with E-state index in [1.807, 2.05) is 6.92 Å². The molecule has 4 heteroatoms. The summed E-state index contributed by atoms with van der Waals surface area (Å²) in [7, 11) is 0. The Kier molecular flexibility index (Phi) is 3.16. The van der Waals surface area contributed by atoms with Gasteiger partial charge >= 0.3 is 0 Å². The van der Waals surface area contributed by atoms with Gasteiger partial charge in [0, 0.05) is 19.5 Å². The van der Waals surface area contributed by atoms with Gasteiger partial charge in [-0.3, -0.25) is 0 Å². The Labute approximate surface area is 90.4 Å². The van der Waals surface area contributed by atoms with Gasteiger partial charge < -0.3 is 9.88 Å². The summed E-state index contributed by atoms with van der Waals surface area (Å²) in [4.78, 5) is 0. The Bertz CT molecular complexity index is 353. The lowest BCUT2D eigenvalue weighted by Crippen LogP contribution is -2.20. The lowest BCUT2D eigenvalue weighted by molar-refractivity contribution is 0.500. The molecule has 82 valence electrons. The molecule has 0 spiro atoms. The highest BCUT2D eigenvalue weighted by molar-refractivity contribution is 4.99. The quantitative estimate of drug-likeness (QED) is 0.755. The SMILES string of the molecule is C=C(C)CNCc1nnc2n1CCCC2. The normalized spacial score (nSPS) is 15.0. The number of nitrogens with zero attached hydrogens (tertiary/aromatic N) is 3. The molecule has 0 aliphatic carbocycles. The van der Waals surface area contributed by atoms with E-state index in [4.69, 9.17) is 0 Å². The lowest BCUT2D eigenvalue weighted by Gasteiger charge is -2.14. The predicted molar refractivity (Wildman–Crippen MR) is 59.5 cm³/mol. The Balaban J connectivity index is 1.96. The van der Waals surface area contributed by atoms with E-state index < -0.39 is 0 Å². The minimum atomic E-state index is 0.792. The van der Waals surface area contributed by atoms with E-state index >= 15 is 0 Å². The van der Waals surface area contributed by atoms with E-state index in [9.17, 15) is 0 Å². The molecule has 0 fully saturated rings. The van der Waals surface area contributed by atoms with Gasteiger partial charge in [-0.05, 0) is 19.8 Å². The number of aromatic nitrogens is 3. The number of hydrogen-bond donors (Lipinski definition) is 1. The maximum Gasteiger partial charge on any atom is 0.147 e. The van der Waals surface area contributed by atoms with Gasteiger partial charge in [0.1, 0.15) is 11.6 Å². The molecule has 1 aromatic rings. The molecular formula is C11H18N4. The smallest absolute Gasteiger partial charge is 0.147 e. The summed E-state index contributed by atoms with van der Waals surface area (Å²) < 4.78 is 2.24. The van der Waals surface area contributed by atoms with Crippen molar-refractivity contribution in [3.63, 3.8) is 0 Å². The molecule has 4 nitrogen and oxygen atoms in total. The van der Waals surface area contributed by atoms with E-state index in [0.29, 0.717) is 0 Å². The van der Waals surface area contributed by atoms with Gasteiger partial charge in [0.25, 0.3) is 0 Å². The molecule has 2 heterocycles. The maximum atomic E-state index is 4.22. The molecule has 1 aliphatic heterocycles. The van der Waals surface area contributed by atoms with E-state index in [1.54, 1.807) is 0 Å². The topological polar surface area (TPSA) is 42.7 Å². The molecule has 0 atom stereocenters. The van der Waals surface area contributed by atoms with Crippen LogP contribution in [0, 0.1) is 0 Å². The second kappa shape index (κ2) is 4.57. The molecule has 0 bridgehead atoms. The van der Waals surface area contributed by atoms with Crippen LogP contribution in [-0.4, -0.2) is 21.3 Å². The number of hydrogen-bond acceptors (Lipinski definition) is 3. The first-order chi connectivity index (χ1) is 7.27. The Morgan fingerprint density at radius 3 is 3.13 bits per heavy atom. The number of fused-ring (bicyclic) bond motifs is 1. The lowest BCUT2D eigenvalue weighted by atomic mass is 10.2. The summed E-state index contributed by atoms with van der Waals surface area (Å²) in [5, 5.41) is 11.7. The number of rotatable bonds is 4. The predicted octanol–water partition coefficient (Wildman–Crippen LogP) is 1.28. The molecule has 15 heavy (non-hydrogen) atoms. The first-order valence-corrected chi connectivity index (χ1v) is 5.53. The molecule has 0 aromatic carbocycles. The molecule has 1 aliphatic rings. The molecule has 2 rings (SSSR count). The molecular weight excluding hydrogens is 188 g/mol. The minimum absolute atomic E-state index is 0.792. The van der Waals surface area contributed by atoms with Gasteiger partial charge in [0.15, 0.2) is 0 Å². The van der Waals surface area contributed by atoms with Crippen LogP contribution < -0.4 is 5.32 Å². The average Bonchev–Trinajstić information content (AvgIpc) is 2.62. The van der Waals surface area contributed by atoms with Crippen molar-refractivity contribution in [1.29, 1.82) is 0 Å². The summed E-state index contributed by atoms with van der Waals surface area (Å²) in [6, 6.07) is 0. The van der Waals surface area contributed by atoms with Crippen LogP contribution in [0.15, 0.2) is 12.2 Å². The summed E-state index contributed by atoms with van der Waals surface area (Å²) in [6.07, 6.45) is 3.57. The summed E-state index contributed by atoms with van der Waals surface area (Å²) in [5.74, 6) is 2.21. The third-order valence-corrected chi connectivity index (χ3v) is 2.65. The van der Waals surface area contributed by atoms with E-state index in [-0.39, 0.29) is 0 Å². The van der Waals surface area contributed by atoms with Gasteiger partial charge in [-0.25, -0.2) is 0 Å². The second-order valence-electron chi connectivity index (χ2n) is 4.20. The van der Waals surface area contributed by atoms with Gasteiger partial charge in [-0.15, -0.1) is 10.2 Å². The highest BCUT2D eigenvalue weighted by Gasteiger charge is 2.14. The van der Waals surface area contributed by atoms with Gasteiger partial charge in [0.2, 0.25) is 0 Å². The van der Waals surface area contributed by atoms with Crippen LogP contribution in [0.25, 0.3) is 0 Å². The van der Waals surface area contributed by atoms with Crippen LogP contribution in [0.4, 0.5) is 0 Å². The van der Waals surface area contributed by atoms with Crippen LogP contribution in [0.3, 0.4) is 0 Å². The van der Waals surface area contributed by atoms with Gasteiger partial charge in [0.05, 0.1) is 6.54 Å². The number of aryl methyl sites for hydroxylation is 1. The Hall–Kier alpha value is -1.16. The average molecular weight is 206 g/mol. The van der Waals surface area contributed by atoms with Crippen molar-refractivity contribution in [3.8, 4) is 0 Å². The molecule has 0 radical (unpaired) electrons. The highest BCUT2D eigenvalue weighted by atomic mass is 15.3. The van der Waals surface area contributed by atoms with Crippen molar-refractivity contribution in [2.24, 2.45) is 0 Å². The third-order valence-electron chi connectivity index (χ3n) is 2.65. The van der Waals surface area contributed by atoms with Crippen LogP contribution in [0.1, 0.15) is 31.4 Å². The van der Waals surface area contributed by atoms with Crippen LogP contribution in [0.5, 0.6) is 0 Å². The van der Waals surface area contributed by atoms with Crippen LogP contribution >= 0.6 is 0 Å². The fourth-order valence-electron chi connectivity index (χ4n) is 1.89. The number of nitrogens with one attached hydrogen (secondary N) is 1. The standard InChI is InChI=1S/C11H18N4/c1-9(2)7-12-8-11-14-13-10-5-3-4-6-15(10)11/h12H,1,3-8H2,2H3. The zero-order valence-corrected chi connectivity index (χ0v) is 9.29. The largest absolute Gasteiger partial charge is 0.314 e. The van der Waals surface area contributed by atoms with Gasteiger partial charge in [-0.1, -0.05) is 12.2 Å². The molecule has 0 unspecified atom stereocenters.